The molecule has 0 saturated heterocycles. The van der Waals surface area contributed by atoms with Gasteiger partial charge in [-0.3, -0.25) is 4.79 Å². The summed E-state index contributed by atoms with van der Waals surface area (Å²) in [4.78, 5) is 12.2. The predicted molar refractivity (Wildman–Crippen MR) is 106 cm³/mol. The molecule has 8 heteroatoms. The molecular formula is C20H20ClN3O4. The molecule has 2 aromatic carbocycles. The molecule has 1 heterocycles. The topological polar surface area (TPSA) is 86.5 Å². The molecule has 0 fully saturated rings. The lowest BCUT2D eigenvalue weighted by atomic mass is 10.1. The Hall–Kier alpha value is -3.06. The fourth-order valence-corrected chi connectivity index (χ4v) is 2.72. The average molecular weight is 402 g/mol. The van der Waals surface area contributed by atoms with Crippen molar-refractivity contribution in [3.05, 3.63) is 52.5 Å². The lowest BCUT2D eigenvalue weighted by Crippen LogP contribution is -2.20. The summed E-state index contributed by atoms with van der Waals surface area (Å²) in [6, 6.07) is 10.8. The number of aromatic nitrogens is 2. The lowest BCUT2D eigenvalue weighted by Gasteiger charge is -2.09. The van der Waals surface area contributed by atoms with E-state index in [1.54, 1.807) is 18.2 Å². The van der Waals surface area contributed by atoms with Crippen LogP contribution in [0.1, 0.15) is 18.1 Å². The summed E-state index contributed by atoms with van der Waals surface area (Å²) < 4.78 is 15.8. The molecule has 0 saturated carbocycles. The molecule has 0 radical (unpaired) electrons. The molecule has 3 aromatic rings. The minimum Gasteiger partial charge on any atom is -0.494 e. The van der Waals surface area contributed by atoms with Gasteiger partial charge in [-0.2, -0.15) is 0 Å². The maximum Gasteiger partial charge on any atom is 0.263 e. The summed E-state index contributed by atoms with van der Waals surface area (Å²) in [5.41, 5.74) is 3.00. The smallest absolute Gasteiger partial charge is 0.263 e. The van der Waals surface area contributed by atoms with Crippen molar-refractivity contribution >= 4 is 23.3 Å². The average Bonchev–Trinajstić information content (AvgIpc) is 3.12. The van der Waals surface area contributed by atoms with E-state index in [4.69, 9.17) is 25.7 Å². The van der Waals surface area contributed by atoms with Crippen molar-refractivity contribution in [1.29, 1.82) is 0 Å². The van der Waals surface area contributed by atoms with Gasteiger partial charge in [-0.05, 0) is 78.6 Å². The Kier molecular flexibility index (Phi) is 6.16. The number of ether oxygens (including phenoxy) is 2. The number of nitrogens with zero attached hydrogens (tertiary/aromatic N) is 2. The summed E-state index contributed by atoms with van der Waals surface area (Å²) in [7, 11) is 0. The molecule has 7 nitrogen and oxygen atoms in total. The van der Waals surface area contributed by atoms with E-state index in [2.05, 4.69) is 15.6 Å². The highest BCUT2D eigenvalue weighted by atomic mass is 35.5. The molecule has 0 spiro atoms. The Labute approximate surface area is 167 Å². The first-order valence-corrected chi connectivity index (χ1v) is 9.11. The Bertz CT molecular complexity index is 987. The zero-order chi connectivity index (χ0) is 20.1. The molecule has 1 N–H and O–H groups in total. The van der Waals surface area contributed by atoms with Crippen molar-refractivity contribution in [1.82, 2.24) is 10.3 Å². The van der Waals surface area contributed by atoms with Gasteiger partial charge in [-0.25, -0.2) is 4.63 Å². The number of hydrogen-bond donors (Lipinski definition) is 1. The summed E-state index contributed by atoms with van der Waals surface area (Å²) in [6.07, 6.45) is 0. The maximum absolute atomic E-state index is 12.2. The second kappa shape index (κ2) is 8.75. The number of anilines is 1. The number of amides is 1. The van der Waals surface area contributed by atoms with Crippen LogP contribution in [0.5, 0.6) is 11.5 Å². The predicted octanol–water partition coefficient (Wildman–Crippen LogP) is 4.42. The van der Waals surface area contributed by atoms with Crippen LogP contribution in [0, 0.1) is 13.8 Å². The highest BCUT2D eigenvalue weighted by Crippen LogP contribution is 2.29. The lowest BCUT2D eigenvalue weighted by molar-refractivity contribution is -0.118. The summed E-state index contributed by atoms with van der Waals surface area (Å²) in [5.74, 6) is 1.19. The van der Waals surface area contributed by atoms with Gasteiger partial charge >= 0.3 is 0 Å². The summed E-state index contributed by atoms with van der Waals surface area (Å²) >= 11 is 5.98. The fourth-order valence-electron chi connectivity index (χ4n) is 2.60. The molecule has 28 heavy (non-hydrogen) atoms. The molecule has 3 rings (SSSR count). The molecule has 0 aliphatic rings. The first-order valence-electron chi connectivity index (χ1n) is 8.73. The SMILES string of the molecule is CCOc1ccc(-c2nonc2NC(=O)COc2ccc(Cl)c(C)c2)cc1C. The molecule has 146 valence electrons. The van der Waals surface area contributed by atoms with Gasteiger partial charge in [0.15, 0.2) is 12.3 Å². The van der Waals surface area contributed by atoms with Crippen molar-refractivity contribution in [2.75, 3.05) is 18.5 Å². The molecule has 0 atom stereocenters. The van der Waals surface area contributed by atoms with Gasteiger partial charge in [0, 0.05) is 10.6 Å². The first kappa shape index (κ1) is 19.7. The van der Waals surface area contributed by atoms with E-state index in [-0.39, 0.29) is 18.3 Å². The van der Waals surface area contributed by atoms with Gasteiger partial charge in [0.25, 0.3) is 5.91 Å². The fraction of sp³-hybridized carbons (Fsp3) is 0.250. The van der Waals surface area contributed by atoms with Crippen LogP contribution < -0.4 is 14.8 Å². The summed E-state index contributed by atoms with van der Waals surface area (Å²) in [5, 5.41) is 11.0. The van der Waals surface area contributed by atoms with Crippen LogP contribution in [0.4, 0.5) is 5.82 Å². The number of hydrogen-bond acceptors (Lipinski definition) is 6. The molecule has 0 bridgehead atoms. The monoisotopic (exact) mass is 401 g/mol. The molecule has 0 unspecified atom stereocenters. The Morgan fingerprint density at radius 1 is 1.11 bits per heavy atom. The molecule has 0 aliphatic heterocycles. The number of aryl methyl sites for hydroxylation is 2. The molecule has 0 aliphatic carbocycles. The first-order chi connectivity index (χ1) is 13.5. The third kappa shape index (κ3) is 4.61. The van der Waals surface area contributed by atoms with Crippen molar-refractivity contribution in [2.45, 2.75) is 20.8 Å². The minimum atomic E-state index is -0.382. The Balaban J connectivity index is 1.67. The van der Waals surface area contributed by atoms with Crippen LogP contribution in [0.3, 0.4) is 0 Å². The van der Waals surface area contributed by atoms with Crippen molar-refractivity contribution in [3.63, 3.8) is 0 Å². The zero-order valence-corrected chi connectivity index (χ0v) is 16.5. The zero-order valence-electron chi connectivity index (χ0n) is 15.8. The van der Waals surface area contributed by atoms with Crippen LogP contribution in [0.2, 0.25) is 5.02 Å². The number of carbonyl (C=O) groups excluding carboxylic acids is 1. The van der Waals surface area contributed by atoms with Crippen LogP contribution in [-0.2, 0) is 4.79 Å². The standard InChI is InChI=1S/C20H20ClN3O4/c1-4-26-17-8-5-14(9-13(17)3)19-20(24-28-23-19)22-18(25)11-27-15-6-7-16(21)12(2)10-15/h5-10H,4,11H2,1-3H3,(H,22,24,25). The molecule has 1 amide bonds. The van der Waals surface area contributed by atoms with Crippen LogP contribution in [0.15, 0.2) is 41.0 Å². The van der Waals surface area contributed by atoms with E-state index in [0.717, 1.165) is 22.4 Å². The minimum absolute atomic E-state index is 0.185. The second-order valence-electron chi connectivity index (χ2n) is 6.12. The number of halogens is 1. The van der Waals surface area contributed by atoms with E-state index in [1.165, 1.54) is 0 Å². The van der Waals surface area contributed by atoms with E-state index in [1.807, 2.05) is 39.0 Å². The highest BCUT2D eigenvalue weighted by molar-refractivity contribution is 6.31. The molecular weight excluding hydrogens is 382 g/mol. The van der Waals surface area contributed by atoms with Crippen LogP contribution in [-0.4, -0.2) is 29.4 Å². The van der Waals surface area contributed by atoms with Gasteiger partial charge in [-0.15, -0.1) is 0 Å². The van der Waals surface area contributed by atoms with Gasteiger partial charge in [0.1, 0.15) is 11.5 Å². The van der Waals surface area contributed by atoms with E-state index < -0.39 is 0 Å². The van der Waals surface area contributed by atoms with Crippen molar-refractivity contribution in [3.8, 4) is 22.8 Å². The number of benzene rings is 2. The largest absolute Gasteiger partial charge is 0.494 e. The van der Waals surface area contributed by atoms with E-state index in [0.29, 0.717) is 23.1 Å². The third-order valence-electron chi connectivity index (χ3n) is 3.99. The Morgan fingerprint density at radius 2 is 1.93 bits per heavy atom. The van der Waals surface area contributed by atoms with Crippen molar-refractivity contribution < 1.29 is 18.9 Å². The van der Waals surface area contributed by atoms with Crippen LogP contribution in [0.25, 0.3) is 11.3 Å². The van der Waals surface area contributed by atoms with Gasteiger partial charge in [-0.1, -0.05) is 11.6 Å². The van der Waals surface area contributed by atoms with E-state index >= 15 is 0 Å². The number of rotatable bonds is 7. The number of nitrogens with one attached hydrogen (secondary N) is 1. The Morgan fingerprint density at radius 3 is 2.64 bits per heavy atom. The second-order valence-corrected chi connectivity index (χ2v) is 6.53. The molecule has 1 aromatic heterocycles. The number of carbonyl (C=O) groups is 1. The van der Waals surface area contributed by atoms with Crippen molar-refractivity contribution in [2.24, 2.45) is 0 Å². The quantitative estimate of drug-likeness (QED) is 0.630. The maximum atomic E-state index is 12.2. The van der Waals surface area contributed by atoms with Gasteiger partial charge in [0.2, 0.25) is 5.82 Å². The van der Waals surface area contributed by atoms with Gasteiger partial charge < -0.3 is 14.8 Å². The third-order valence-corrected chi connectivity index (χ3v) is 4.42. The highest BCUT2D eigenvalue weighted by Gasteiger charge is 2.16. The van der Waals surface area contributed by atoms with E-state index in [9.17, 15) is 4.79 Å². The normalized spacial score (nSPS) is 10.6. The van der Waals surface area contributed by atoms with Crippen LogP contribution >= 0.6 is 11.6 Å². The summed E-state index contributed by atoms with van der Waals surface area (Å²) in [6.45, 7) is 6.12. The van der Waals surface area contributed by atoms with Gasteiger partial charge in [0.05, 0.1) is 6.61 Å².